The van der Waals surface area contributed by atoms with Crippen LogP contribution in [0, 0.1) is 5.82 Å². The maximum Gasteiger partial charge on any atom is 0.255 e. The third-order valence-electron chi connectivity index (χ3n) is 3.56. The molecule has 0 saturated heterocycles. The summed E-state index contributed by atoms with van der Waals surface area (Å²) in [6, 6.07) is 16.3. The lowest BCUT2D eigenvalue weighted by molar-refractivity contribution is 0.102. The molecule has 0 aliphatic rings. The lowest BCUT2D eigenvalue weighted by Crippen LogP contribution is -2.12. The highest BCUT2D eigenvalue weighted by Gasteiger charge is 2.08. The molecule has 0 radical (unpaired) electrons. The number of hydrogen-bond donors (Lipinski definition) is 2. The Balaban J connectivity index is 1.68. The average Bonchev–Trinajstić information content (AvgIpc) is 2.66. The van der Waals surface area contributed by atoms with E-state index in [0.717, 1.165) is 5.75 Å². The van der Waals surface area contributed by atoms with Crippen molar-refractivity contribution in [2.45, 2.75) is 6.92 Å². The van der Waals surface area contributed by atoms with Gasteiger partial charge in [0.15, 0.2) is 0 Å². The van der Waals surface area contributed by atoms with E-state index in [1.165, 1.54) is 12.1 Å². The molecule has 1 aromatic heterocycles. The van der Waals surface area contributed by atoms with Crippen LogP contribution in [0.4, 0.5) is 21.6 Å². The van der Waals surface area contributed by atoms with Crippen LogP contribution < -0.4 is 15.4 Å². The van der Waals surface area contributed by atoms with Crippen molar-refractivity contribution in [2.24, 2.45) is 0 Å². The first-order valence-electron chi connectivity index (χ1n) is 8.17. The van der Waals surface area contributed by atoms with E-state index in [0.29, 0.717) is 29.4 Å². The van der Waals surface area contributed by atoms with Crippen LogP contribution in [0.1, 0.15) is 17.3 Å². The maximum atomic E-state index is 13.0. The minimum absolute atomic E-state index is 0.251. The monoisotopic (exact) mass is 351 g/mol. The van der Waals surface area contributed by atoms with Gasteiger partial charge in [-0.05, 0) is 67.6 Å². The highest BCUT2D eigenvalue weighted by Crippen LogP contribution is 2.18. The second-order valence-electron chi connectivity index (χ2n) is 5.47. The fraction of sp³-hybridized carbons (Fsp3) is 0.100. The van der Waals surface area contributed by atoms with Crippen molar-refractivity contribution in [1.82, 2.24) is 4.98 Å². The summed E-state index contributed by atoms with van der Waals surface area (Å²) in [6.45, 7) is 2.50. The molecule has 3 rings (SSSR count). The fourth-order valence-corrected chi connectivity index (χ4v) is 2.33. The Morgan fingerprint density at radius 2 is 1.73 bits per heavy atom. The molecule has 0 atom stereocenters. The number of hydrogen-bond acceptors (Lipinski definition) is 4. The summed E-state index contributed by atoms with van der Waals surface area (Å²) >= 11 is 0. The van der Waals surface area contributed by atoms with Crippen LogP contribution in [0.2, 0.25) is 0 Å². The van der Waals surface area contributed by atoms with E-state index in [-0.39, 0.29) is 11.7 Å². The van der Waals surface area contributed by atoms with Gasteiger partial charge in [-0.15, -0.1) is 0 Å². The Kier molecular flexibility index (Phi) is 5.43. The van der Waals surface area contributed by atoms with Gasteiger partial charge in [0, 0.05) is 23.1 Å². The van der Waals surface area contributed by atoms with Crippen LogP contribution in [-0.4, -0.2) is 17.5 Å². The Morgan fingerprint density at radius 3 is 2.42 bits per heavy atom. The number of carbonyl (C=O) groups is 1. The molecule has 0 bridgehead atoms. The second kappa shape index (κ2) is 8.11. The number of halogens is 1. The van der Waals surface area contributed by atoms with Crippen molar-refractivity contribution in [2.75, 3.05) is 17.2 Å². The highest BCUT2D eigenvalue weighted by atomic mass is 19.1. The quantitative estimate of drug-likeness (QED) is 0.680. The van der Waals surface area contributed by atoms with Crippen LogP contribution in [0.3, 0.4) is 0 Å². The summed E-state index contributed by atoms with van der Waals surface area (Å²) in [5.41, 5.74) is 1.81. The highest BCUT2D eigenvalue weighted by molar-refractivity contribution is 6.04. The summed E-state index contributed by atoms with van der Waals surface area (Å²) in [4.78, 5) is 16.6. The molecule has 1 heterocycles. The maximum absolute atomic E-state index is 13.0. The normalized spacial score (nSPS) is 10.2. The summed E-state index contributed by atoms with van der Waals surface area (Å²) in [5.74, 6) is 0.682. The zero-order valence-corrected chi connectivity index (χ0v) is 14.2. The first kappa shape index (κ1) is 17.4. The van der Waals surface area contributed by atoms with Gasteiger partial charge in [-0.3, -0.25) is 4.79 Å². The van der Waals surface area contributed by atoms with E-state index in [2.05, 4.69) is 15.6 Å². The molecule has 132 valence electrons. The van der Waals surface area contributed by atoms with E-state index in [1.54, 1.807) is 54.7 Å². The van der Waals surface area contributed by atoms with Gasteiger partial charge >= 0.3 is 0 Å². The van der Waals surface area contributed by atoms with Crippen molar-refractivity contribution >= 4 is 23.1 Å². The van der Waals surface area contributed by atoms with Crippen molar-refractivity contribution in [3.8, 4) is 5.75 Å². The molecule has 26 heavy (non-hydrogen) atoms. The smallest absolute Gasteiger partial charge is 0.255 e. The molecule has 0 aliphatic heterocycles. The summed E-state index contributed by atoms with van der Waals surface area (Å²) in [6.07, 6.45) is 1.54. The Hall–Kier alpha value is -3.41. The topological polar surface area (TPSA) is 63.2 Å². The first-order valence-corrected chi connectivity index (χ1v) is 8.17. The number of nitrogens with zero attached hydrogens (tertiary/aromatic N) is 1. The molecule has 2 N–H and O–H groups in total. The van der Waals surface area contributed by atoms with Gasteiger partial charge in [-0.2, -0.15) is 0 Å². The van der Waals surface area contributed by atoms with Crippen LogP contribution in [0.15, 0.2) is 66.9 Å². The van der Waals surface area contributed by atoms with E-state index in [1.807, 2.05) is 6.92 Å². The molecular formula is C20H18FN3O2. The van der Waals surface area contributed by atoms with Gasteiger partial charge in [0.25, 0.3) is 5.91 Å². The number of rotatable bonds is 6. The predicted molar refractivity (Wildman–Crippen MR) is 99.5 cm³/mol. The lowest BCUT2D eigenvalue weighted by Gasteiger charge is -2.09. The van der Waals surface area contributed by atoms with E-state index < -0.39 is 0 Å². The van der Waals surface area contributed by atoms with Gasteiger partial charge in [0.2, 0.25) is 0 Å². The Labute approximate surface area is 150 Å². The third kappa shape index (κ3) is 4.57. The number of nitrogens with one attached hydrogen (secondary N) is 2. The van der Waals surface area contributed by atoms with Crippen molar-refractivity contribution in [1.29, 1.82) is 0 Å². The molecule has 1 amide bonds. The average molecular weight is 351 g/mol. The van der Waals surface area contributed by atoms with Gasteiger partial charge in [0.05, 0.1) is 6.61 Å². The zero-order valence-electron chi connectivity index (χ0n) is 14.2. The molecule has 2 aromatic carbocycles. The fourth-order valence-electron chi connectivity index (χ4n) is 2.33. The Morgan fingerprint density at radius 1 is 1.04 bits per heavy atom. The van der Waals surface area contributed by atoms with Crippen LogP contribution in [0.5, 0.6) is 5.75 Å². The van der Waals surface area contributed by atoms with E-state index in [9.17, 15) is 9.18 Å². The minimum Gasteiger partial charge on any atom is -0.494 e. The summed E-state index contributed by atoms with van der Waals surface area (Å²) in [5, 5.41) is 5.86. The second-order valence-corrected chi connectivity index (χ2v) is 5.47. The van der Waals surface area contributed by atoms with Crippen molar-refractivity contribution < 1.29 is 13.9 Å². The standard InChI is InChI=1S/C20H18FN3O2/c1-2-26-18-9-7-17(8-10-18)24-20(25)14-11-12-22-19(13-14)23-16-5-3-15(21)4-6-16/h3-13H,2H2,1H3,(H,22,23)(H,24,25). The summed E-state index contributed by atoms with van der Waals surface area (Å²) < 4.78 is 18.3. The molecule has 5 nitrogen and oxygen atoms in total. The summed E-state index contributed by atoms with van der Waals surface area (Å²) in [7, 11) is 0. The molecule has 0 unspecified atom stereocenters. The van der Waals surface area contributed by atoms with E-state index >= 15 is 0 Å². The zero-order chi connectivity index (χ0) is 18.4. The molecule has 0 spiro atoms. The molecule has 0 aliphatic carbocycles. The number of aromatic nitrogens is 1. The number of anilines is 3. The number of ether oxygens (including phenoxy) is 1. The van der Waals surface area contributed by atoms with Crippen LogP contribution in [0.25, 0.3) is 0 Å². The molecular weight excluding hydrogens is 333 g/mol. The van der Waals surface area contributed by atoms with Crippen LogP contribution >= 0.6 is 0 Å². The SMILES string of the molecule is CCOc1ccc(NC(=O)c2ccnc(Nc3ccc(F)cc3)c2)cc1. The number of amides is 1. The van der Waals surface area contributed by atoms with Crippen molar-refractivity contribution in [3.63, 3.8) is 0 Å². The molecule has 0 saturated carbocycles. The molecule has 3 aromatic rings. The van der Waals surface area contributed by atoms with Gasteiger partial charge in [0.1, 0.15) is 17.4 Å². The van der Waals surface area contributed by atoms with Gasteiger partial charge in [-0.25, -0.2) is 9.37 Å². The van der Waals surface area contributed by atoms with E-state index in [4.69, 9.17) is 4.74 Å². The predicted octanol–water partition coefficient (Wildman–Crippen LogP) is 4.62. The number of pyridine rings is 1. The van der Waals surface area contributed by atoms with Crippen molar-refractivity contribution in [3.05, 3.63) is 78.2 Å². The Bertz CT molecular complexity index is 880. The largest absolute Gasteiger partial charge is 0.494 e. The minimum atomic E-state index is -0.313. The molecule has 0 fully saturated rings. The van der Waals surface area contributed by atoms with Crippen LogP contribution in [-0.2, 0) is 0 Å². The third-order valence-corrected chi connectivity index (χ3v) is 3.56. The van der Waals surface area contributed by atoms with Gasteiger partial charge < -0.3 is 15.4 Å². The first-order chi connectivity index (χ1) is 12.6. The number of carbonyl (C=O) groups excluding carboxylic acids is 1. The lowest BCUT2D eigenvalue weighted by atomic mass is 10.2. The molecule has 6 heteroatoms. The number of benzene rings is 2. The van der Waals surface area contributed by atoms with Gasteiger partial charge in [-0.1, -0.05) is 0 Å².